The maximum absolute atomic E-state index is 13.5. The number of Topliss-reactive ketones (excluding diaryl/α,β-unsaturated/α-hetero) is 1. The van der Waals surface area contributed by atoms with Crippen molar-refractivity contribution in [3.05, 3.63) is 33.5 Å². The number of hydrogen-bond acceptors (Lipinski definition) is 1. The summed E-state index contributed by atoms with van der Waals surface area (Å²) in [6.45, 7) is 0. The van der Waals surface area contributed by atoms with Crippen LogP contribution in [0, 0.1) is 5.82 Å². The molecule has 0 N–H and O–H groups in total. The fourth-order valence-corrected chi connectivity index (χ4v) is 1.93. The van der Waals surface area contributed by atoms with E-state index in [-0.39, 0.29) is 5.33 Å². The molecule has 0 bridgehead atoms. The molecule has 0 saturated carbocycles. The molecule has 1 nitrogen and oxygen atoms in total. The van der Waals surface area contributed by atoms with Crippen LogP contribution in [0.2, 0.25) is 0 Å². The van der Waals surface area contributed by atoms with E-state index in [0.717, 1.165) is 12.1 Å². The topological polar surface area (TPSA) is 17.1 Å². The zero-order chi connectivity index (χ0) is 12.5. The zero-order valence-electron chi connectivity index (χ0n) is 7.54. The Labute approximate surface area is 105 Å². The summed E-state index contributed by atoms with van der Waals surface area (Å²) in [6, 6.07) is 2.01. The lowest BCUT2D eigenvalue weighted by molar-refractivity contribution is -0.140. The van der Waals surface area contributed by atoms with Crippen molar-refractivity contribution in [1.29, 1.82) is 0 Å². The maximum Gasteiger partial charge on any atom is 0.420 e. The normalized spacial score (nSPS) is 11.6. The van der Waals surface area contributed by atoms with Crippen molar-refractivity contribution in [3.63, 3.8) is 0 Å². The van der Waals surface area contributed by atoms with Crippen LogP contribution in [0.5, 0.6) is 0 Å². The number of hydrogen-bond donors (Lipinski definition) is 0. The number of alkyl halides is 4. The molecule has 7 heteroatoms. The number of rotatable bonds is 2. The second kappa shape index (κ2) is 4.83. The molecule has 0 aromatic heterocycles. The van der Waals surface area contributed by atoms with Crippen molar-refractivity contribution in [3.8, 4) is 0 Å². The van der Waals surface area contributed by atoms with Crippen LogP contribution < -0.4 is 0 Å². The van der Waals surface area contributed by atoms with Gasteiger partial charge in [0.05, 0.1) is 10.9 Å². The molecule has 0 aliphatic rings. The van der Waals surface area contributed by atoms with Crippen LogP contribution in [0.15, 0.2) is 16.6 Å². The largest absolute Gasteiger partial charge is 0.420 e. The van der Waals surface area contributed by atoms with E-state index >= 15 is 0 Å². The molecule has 88 valence electrons. The standard InChI is InChI=1S/C9H4Br2F4O/c10-3-6(16)4-1-2-5(11)7(8(4)12)9(13,14)15/h1-2H,3H2. The Balaban J connectivity index is 3.45. The van der Waals surface area contributed by atoms with E-state index in [4.69, 9.17) is 0 Å². The van der Waals surface area contributed by atoms with Gasteiger partial charge in [0.15, 0.2) is 5.78 Å². The van der Waals surface area contributed by atoms with Crippen molar-refractivity contribution in [2.45, 2.75) is 6.18 Å². The highest BCUT2D eigenvalue weighted by molar-refractivity contribution is 9.10. The van der Waals surface area contributed by atoms with Crippen LogP contribution in [-0.4, -0.2) is 11.1 Å². The fourth-order valence-electron chi connectivity index (χ4n) is 1.10. The van der Waals surface area contributed by atoms with Gasteiger partial charge in [0.2, 0.25) is 0 Å². The molecule has 1 rings (SSSR count). The first-order chi connectivity index (χ1) is 7.29. The molecule has 1 aromatic carbocycles. The van der Waals surface area contributed by atoms with Crippen molar-refractivity contribution in [2.24, 2.45) is 0 Å². The minimum atomic E-state index is -4.84. The van der Waals surface area contributed by atoms with Crippen molar-refractivity contribution in [2.75, 3.05) is 5.33 Å². The fraction of sp³-hybridized carbons (Fsp3) is 0.222. The summed E-state index contributed by atoms with van der Waals surface area (Å²) in [6.07, 6.45) is -4.84. The van der Waals surface area contributed by atoms with Gasteiger partial charge in [-0.05, 0) is 12.1 Å². The average molecular weight is 364 g/mol. The SMILES string of the molecule is O=C(CBr)c1ccc(Br)c(C(F)(F)F)c1F. The highest BCUT2D eigenvalue weighted by atomic mass is 79.9. The van der Waals surface area contributed by atoms with E-state index in [1.807, 2.05) is 0 Å². The molecule has 0 atom stereocenters. The first-order valence-electron chi connectivity index (χ1n) is 3.93. The van der Waals surface area contributed by atoms with Gasteiger partial charge in [-0.25, -0.2) is 4.39 Å². The second-order valence-corrected chi connectivity index (χ2v) is 4.25. The van der Waals surface area contributed by atoms with Crippen LogP contribution in [-0.2, 0) is 6.18 Å². The second-order valence-electron chi connectivity index (χ2n) is 2.84. The van der Waals surface area contributed by atoms with Crippen LogP contribution in [0.1, 0.15) is 15.9 Å². The first kappa shape index (κ1) is 13.6. The molecule has 0 unspecified atom stereocenters. The summed E-state index contributed by atoms with van der Waals surface area (Å²) in [5, 5.41) is -0.233. The van der Waals surface area contributed by atoms with Gasteiger partial charge in [-0.1, -0.05) is 31.9 Å². The number of carbonyl (C=O) groups excluding carboxylic acids is 1. The first-order valence-corrected chi connectivity index (χ1v) is 5.85. The maximum atomic E-state index is 13.5. The third kappa shape index (κ3) is 2.63. The van der Waals surface area contributed by atoms with E-state index in [9.17, 15) is 22.4 Å². The summed E-state index contributed by atoms with van der Waals surface area (Å²) in [4.78, 5) is 11.2. The number of carbonyl (C=O) groups is 1. The van der Waals surface area contributed by atoms with Crippen LogP contribution in [0.3, 0.4) is 0 Å². The van der Waals surface area contributed by atoms with E-state index in [1.165, 1.54) is 0 Å². The number of ketones is 1. The summed E-state index contributed by atoms with van der Waals surface area (Å²) in [7, 11) is 0. The van der Waals surface area contributed by atoms with Crippen molar-refractivity contribution >= 4 is 37.6 Å². The number of benzene rings is 1. The zero-order valence-corrected chi connectivity index (χ0v) is 10.7. The molecule has 0 heterocycles. The predicted molar refractivity (Wildman–Crippen MR) is 57.2 cm³/mol. The Bertz CT molecular complexity index is 428. The highest BCUT2D eigenvalue weighted by Gasteiger charge is 2.38. The smallest absolute Gasteiger partial charge is 0.293 e. The molecule has 16 heavy (non-hydrogen) atoms. The minimum absolute atomic E-state index is 0.233. The lowest BCUT2D eigenvalue weighted by Crippen LogP contribution is -2.14. The Morgan fingerprint density at radius 3 is 2.31 bits per heavy atom. The number of halogens is 6. The van der Waals surface area contributed by atoms with E-state index in [2.05, 4.69) is 31.9 Å². The Morgan fingerprint density at radius 2 is 1.88 bits per heavy atom. The molecule has 0 spiro atoms. The molecule has 0 fully saturated rings. The van der Waals surface area contributed by atoms with Crippen LogP contribution >= 0.6 is 31.9 Å². The monoisotopic (exact) mass is 362 g/mol. The third-order valence-electron chi connectivity index (χ3n) is 1.80. The van der Waals surface area contributed by atoms with Crippen LogP contribution in [0.4, 0.5) is 17.6 Å². The van der Waals surface area contributed by atoms with E-state index in [1.54, 1.807) is 0 Å². The Kier molecular flexibility index (Phi) is 4.12. The average Bonchev–Trinajstić information content (AvgIpc) is 2.14. The molecular formula is C9H4Br2F4O. The summed E-state index contributed by atoms with van der Waals surface area (Å²) < 4.78 is 50.4. The van der Waals surface area contributed by atoms with Crippen molar-refractivity contribution < 1.29 is 22.4 Å². The van der Waals surface area contributed by atoms with Crippen LogP contribution in [0.25, 0.3) is 0 Å². The molecule has 0 aliphatic heterocycles. The highest BCUT2D eigenvalue weighted by Crippen LogP contribution is 2.37. The Morgan fingerprint density at radius 1 is 1.31 bits per heavy atom. The molecule has 0 amide bonds. The van der Waals surface area contributed by atoms with Gasteiger partial charge in [-0.3, -0.25) is 4.79 Å². The van der Waals surface area contributed by atoms with E-state index < -0.39 is 33.4 Å². The predicted octanol–water partition coefficient (Wildman–Crippen LogP) is 4.18. The summed E-state index contributed by atoms with van der Waals surface area (Å²) in [5.41, 5.74) is -2.04. The van der Waals surface area contributed by atoms with Gasteiger partial charge >= 0.3 is 6.18 Å². The third-order valence-corrected chi connectivity index (χ3v) is 2.97. The molecule has 0 aliphatic carbocycles. The lowest BCUT2D eigenvalue weighted by Gasteiger charge is -2.12. The van der Waals surface area contributed by atoms with Gasteiger partial charge in [0.1, 0.15) is 11.4 Å². The molecular weight excluding hydrogens is 360 g/mol. The van der Waals surface area contributed by atoms with Gasteiger partial charge in [-0.2, -0.15) is 13.2 Å². The Hall–Kier alpha value is -0.430. The van der Waals surface area contributed by atoms with Gasteiger partial charge in [-0.15, -0.1) is 0 Å². The minimum Gasteiger partial charge on any atom is -0.293 e. The van der Waals surface area contributed by atoms with Gasteiger partial charge in [0.25, 0.3) is 0 Å². The molecule has 1 aromatic rings. The van der Waals surface area contributed by atoms with Gasteiger partial charge in [0, 0.05) is 4.47 Å². The van der Waals surface area contributed by atoms with Crippen molar-refractivity contribution in [1.82, 2.24) is 0 Å². The van der Waals surface area contributed by atoms with E-state index in [0.29, 0.717) is 0 Å². The summed E-state index contributed by atoms with van der Waals surface area (Å²) in [5.74, 6) is -2.29. The van der Waals surface area contributed by atoms with Gasteiger partial charge < -0.3 is 0 Å². The molecule has 0 saturated heterocycles. The quantitative estimate of drug-likeness (QED) is 0.437. The molecule has 0 radical (unpaired) electrons. The lowest BCUT2D eigenvalue weighted by atomic mass is 10.1. The summed E-state index contributed by atoms with van der Waals surface area (Å²) >= 11 is 5.38.